The fourth-order valence-electron chi connectivity index (χ4n) is 0.951. The lowest BCUT2D eigenvalue weighted by Gasteiger charge is -1.97. The van der Waals surface area contributed by atoms with Crippen LogP contribution in [-0.2, 0) is 14.3 Å². The minimum absolute atomic E-state index is 0.301. The molecular weight excluding hydrogens is 144 g/mol. The first-order chi connectivity index (χ1) is 5.33. The van der Waals surface area contributed by atoms with Crippen molar-refractivity contribution in [1.82, 2.24) is 0 Å². The van der Waals surface area contributed by atoms with Gasteiger partial charge in [0.2, 0.25) is 0 Å². The Hall–Kier alpha value is -0.990. The molecule has 0 aromatic rings. The van der Waals surface area contributed by atoms with Gasteiger partial charge in [0, 0.05) is 6.42 Å². The van der Waals surface area contributed by atoms with E-state index in [9.17, 15) is 4.79 Å². The summed E-state index contributed by atoms with van der Waals surface area (Å²) in [5, 5.41) is 0. The van der Waals surface area contributed by atoms with Crippen LogP contribution in [0, 0.1) is 0 Å². The van der Waals surface area contributed by atoms with E-state index in [2.05, 4.69) is 0 Å². The predicted octanol–water partition coefficient (Wildman–Crippen LogP) is 1.24. The van der Waals surface area contributed by atoms with Crippen LogP contribution in [0.5, 0.6) is 0 Å². The summed E-state index contributed by atoms with van der Waals surface area (Å²) < 4.78 is 9.84. The van der Waals surface area contributed by atoms with Gasteiger partial charge in [-0.1, -0.05) is 0 Å². The fraction of sp³-hybridized carbons (Fsp3) is 0.625. The summed E-state index contributed by atoms with van der Waals surface area (Å²) >= 11 is 0. The third-order valence-electron chi connectivity index (χ3n) is 1.42. The molecule has 1 rings (SSSR count). The molecule has 0 saturated carbocycles. The molecule has 0 aromatic heterocycles. The van der Waals surface area contributed by atoms with Gasteiger partial charge in [0.05, 0.1) is 19.3 Å². The summed E-state index contributed by atoms with van der Waals surface area (Å²) in [6.07, 6.45) is 3.29. The lowest BCUT2D eigenvalue weighted by atomic mass is 10.3. The van der Waals surface area contributed by atoms with Crippen LogP contribution in [0.25, 0.3) is 0 Å². The predicted molar refractivity (Wildman–Crippen MR) is 39.9 cm³/mol. The molecule has 0 atom stereocenters. The quantitative estimate of drug-likeness (QED) is 0.445. The summed E-state index contributed by atoms with van der Waals surface area (Å²) in [6, 6.07) is 0. The fourth-order valence-corrected chi connectivity index (χ4v) is 0.951. The number of allylic oxidation sites excluding steroid dienone is 1. The molecule has 0 aliphatic carbocycles. The van der Waals surface area contributed by atoms with Crippen molar-refractivity contribution in [1.29, 1.82) is 0 Å². The molecule has 0 amide bonds. The van der Waals surface area contributed by atoms with Gasteiger partial charge in [0.25, 0.3) is 0 Å². The zero-order chi connectivity index (χ0) is 8.10. The minimum atomic E-state index is -0.301. The maximum Gasteiger partial charge on any atom is 0.334 e. The smallest absolute Gasteiger partial charge is 0.334 e. The van der Waals surface area contributed by atoms with E-state index in [0.29, 0.717) is 6.61 Å². The first-order valence-corrected chi connectivity index (χ1v) is 3.83. The molecule has 1 heterocycles. The first-order valence-electron chi connectivity index (χ1n) is 3.83. The Bertz CT molecular complexity index is 164. The molecular formula is C8H12O3. The number of esters is 1. The van der Waals surface area contributed by atoms with Gasteiger partial charge < -0.3 is 9.47 Å². The molecule has 3 heteroatoms. The second-order valence-electron chi connectivity index (χ2n) is 2.31. The third-order valence-corrected chi connectivity index (χ3v) is 1.42. The standard InChI is InChI=1S/C8H12O3/c1-2-10-8(9)6-7-4-3-5-11-7/h6H,2-5H2,1H3/b7-6-. The van der Waals surface area contributed by atoms with Crippen molar-refractivity contribution in [2.45, 2.75) is 19.8 Å². The molecule has 1 aliphatic heterocycles. The molecule has 62 valence electrons. The lowest BCUT2D eigenvalue weighted by molar-refractivity contribution is -0.137. The molecule has 0 bridgehead atoms. The summed E-state index contributed by atoms with van der Waals surface area (Å²) in [4.78, 5) is 10.8. The zero-order valence-corrected chi connectivity index (χ0v) is 6.63. The zero-order valence-electron chi connectivity index (χ0n) is 6.63. The van der Waals surface area contributed by atoms with Gasteiger partial charge in [-0.05, 0) is 13.3 Å². The number of carbonyl (C=O) groups excluding carboxylic acids is 1. The van der Waals surface area contributed by atoms with Crippen molar-refractivity contribution >= 4 is 5.97 Å². The van der Waals surface area contributed by atoms with Gasteiger partial charge in [0.15, 0.2) is 0 Å². The van der Waals surface area contributed by atoms with Crippen LogP contribution in [0.2, 0.25) is 0 Å². The molecule has 0 aromatic carbocycles. The Labute approximate surface area is 66.0 Å². The largest absolute Gasteiger partial charge is 0.498 e. The average molecular weight is 156 g/mol. The number of ether oxygens (including phenoxy) is 2. The summed E-state index contributed by atoms with van der Waals surface area (Å²) in [5.74, 6) is 0.452. The summed E-state index contributed by atoms with van der Waals surface area (Å²) in [6.45, 7) is 2.93. The number of hydrogen-bond acceptors (Lipinski definition) is 3. The van der Waals surface area contributed by atoms with E-state index < -0.39 is 0 Å². The van der Waals surface area contributed by atoms with Crippen molar-refractivity contribution in [3.05, 3.63) is 11.8 Å². The van der Waals surface area contributed by atoms with E-state index in [1.54, 1.807) is 6.92 Å². The molecule has 1 fully saturated rings. The monoisotopic (exact) mass is 156 g/mol. The van der Waals surface area contributed by atoms with E-state index in [-0.39, 0.29) is 5.97 Å². The molecule has 11 heavy (non-hydrogen) atoms. The molecule has 0 radical (unpaired) electrons. The Morgan fingerprint density at radius 1 is 1.82 bits per heavy atom. The summed E-state index contributed by atoms with van der Waals surface area (Å²) in [7, 11) is 0. The highest BCUT2D eigenvalue weighted by molar-refractivity contribution is 5.82. The molecule has 1 saturated heterocycles. The maximum absolute atomic E-state index is 10.8. The SMILES string of the molecule is CCOC(=O)/C=C1/CCCO1. The Morgan fingerprint density at radius 3 is 3.18 bits per heavy atom. The molecule has 0 unspecified atom stereocenters. The van der Waals surface area contributed by atoms with Gasteiger partial charge in [-0.2, -0.15) is 0 Å². The van der Waals surface area contributed by atoms with Crippen molar-refractivity contribution < 1.29 is 14.3 Å². The normalized spacial score (nSPS) is 19.9. The van der Waals surface area contributed by atoms with Crippen LogP contribution in [0.1, 0.15) is 19.8 Å². The van der Waals surface area contributed by atoms with Crippen molar-refractivity contribution in [3.8, 4) is 0 Å². The first kappa shape index (κ1) is 8.11. The van der Waals surface area contributed by atoms with Gasteiger partial charge in [-0.3, -0.25) is 0 Å². The third kappa shape index (κ3) is 2.62. The van der Waals surface area contributed by atoms with E-state index >= 15 is 0 Å². The number of rotatable bonds is 2. The molecule has 1 aliphatic rings. The maximum atomic E-state index is 10.8. The Kier molecular flexibility index (Phi) is 2.95. The van der Waals surface area contributed by atoms with Crippen LogP contribution >= 0.6 is 0 Å². The second kappa shape index (κ2) is 4.01. The second-order valence-corrected chi connectivity index (χ2v) is 2.31. The average Bonchev–Trinajstić information content (AvgIpc) is 2.40. The number of hydrogen-bond donors (Lipinski definition) is 0. The van der Waals surface area contributed by atoms with Crippen molar-refractivity contribution in [2.24, 2.45) is 0 Å². The van der Waals surface area contributed by atoms with E-state index in [1.807, 2.05) is 0 Å². The van der Waals surface area contributed by atoms with E-state index in [1.165, 1.54) is 6.08 Å². The molecule has 0 spiro atoms. The highest BCUT2D eigenvalue weighted by Gasteiger charge is 2.09. The van der Waals surface area contributed by atoms with Crippen LogP contribution in [0.3, 0.4) is 0 Å². The van der Waals surface area contributed by atoms with Gasteiger partial charge >= 0.3 is 5.97 Å². The summed E-state index contributed by atoms with van der Waals surface area (Å²) in [5.41, 5.74) is 0. The van der Waals surface area contributed by atoms with Crippen molar-refractivity contribution in [3.63, 3.8) is 0 Å². The minimum Gasteiger partial charge on any atom is -0.498 e. The van der Waals surface area contributed by atoms with E-state index in [0.717, 1.165) is 25.2 Å². The van der Waals surface area contributed by atoms with Gasteiger partial charge in [0.1, 0.15) is 5.76 Å². The van der Waals surface area contributed by atoms with Gasteiger partial charge in [-0.15, -0.1) is 0 Å². The van der Waals surface area contributed by atoms with Gasteiger partial charge in [-0.25, -0.2) is 4.79 Å². The van der Waals surface area contributed by atoms with E-state index in [4.69, 9.17) is 9.47 Å². The Balaban J connectivity index is 2.36. The number of carbonyl (C=O) groups is 1. The highest BCUT2D eigenvalue weighted by Crippen LogP contribution is 2.15. The molecule has 0 N–H and O–H groups in total. The highest BCUT2D eigenvalue weighted by atomic mass is 16.5. The lowest BCUT2D eigenvalue weighted by Crippen LogP contribution is -2.00. The topological polar surface area (TPSA) is 35.5 Å². The van der Waals surface area contributed by atoms with Crippen LogP contribution in [0.15, 0.2) is 11.8 Å². The Morgan fingerprint density at radius 2 is 2.64 bits per heavy atom. The van der Waals surface area contributed by atoms with Crippen molar-refractivity contribution in [2.75, 3.05) is 13.2 Å². The van der Waals surface area contributed by atoms with Crippen LogP contribution in [0.4, 0.5) is 0 Å². The van der Waals surface area contributed by atoms with Crippen LogP contribution < -0.4 is 0 Å². The van der Waals surface area contributed by atoms with Crippen LogP contribution in [-0.4, -0.2) is 19.2 Å². The molecule has 3 nitrogen and oxygen atoms in total.